The van der Waals surface area contributed by atoms with E-state index in [-0.39, 0.29) is 0 Å². The van der Waals surface area contributed by atoms with Gasteiger partial charge in [-0.05, 0) is 12.5 Å². The summed E-state index contributed by atoms with van der Waals surface area (Å²) in [5.41, 5.74) is 3.86. The summed E-state index contributed by atoms with van der Waals surface area (Å²) in [6, 6.07) is 18.4. The van der Waals surface area contributed by atoms with Crippen molar-refractivity contribution in [2.45, 2.75) is 6.92 Å². The lowest BCUT2D eigenvalue weighted by molar-refractivity contribution is 1.04. The Bertz CT molecular complexity index is 817. The Morgan fingerprint density at radius 3 is 2.24 bits per heavy atom. The summed E-state index contributed by atoms with van der Waals surface area (Å²) in [7, 11) is 0. The van der Waals surface area contributed by atoms with Crippen molar-refractivity contribution in [2.75, 3.05) is 0 Å². The van der Waals surface area contributed by atoms with Crippen molar-refractivity contribution in [2.24, 2.45) is 0 Å². The molecular weight excluding hydrogens is 256 g/mol. The number of hydrogen-bond donors (Lipinski definition) is 0. The molecule has 0 aliphatic rings. The number of hydrogen-bond acceptors (Lipinski definition) is 2. The van der Waals surface area contributed by atoms with Gasteiger partial charge in [-0.25, -0.2) is 0 Å². The van der Waals surface area contributed by atoms with Crippen LogP contribution in [-0.4, -0.2) is 10.2 Å². The highest BCUT2D eigenvalue weighted by Crippen LogP contribution is 2.30. The maximum absolute atomic E-state index is 4.46. The first kappa shape index (κ1) is 13.3. The molecule has 0 bridgehead atoms. The predicted molar refractivity (Wildman–Crippen MR) is 88.8 cm³/mol. The van der Waals surface area contributed by atoms with Gasteiger partial charge in [0.2, 0.25) is 0 Å². The maximum Gasteiger partial charge on any atom is 0.101 e. The average Bonchev–Trinajstić information content (AvgIpc) is 2.57. The Balaban J connectivity index is 2.32. The molecule has 0 atom stereocenters. The van der Waals surface area contributed by atoms with Gasteiger partial charge < -0.3 is 0 Å². The minimum Gasteiger partial charge on any atom is -0.149 e. The van der Waals surface area contributed by atoms with E-state index in [2.05, 4.69) is 41.0 Å². The summed E-state index contributed by atoms with van der Waals surface area (Å²) < 4.78 is 0. The van der Waals surface area contributed by atoms with Crippen LogP contribution >= 0.6 is 0 Å². The highest BCUT2D eigenvalue weighted by atomic mass is 15.1. The average molecular weight is 272 g/mol. The first-order chi connectivity index (χ1) is 10.3. The zero-order valence-corrected chi connectivity index (χ0v) is 12.0. The monoisotopic (exact) mass is 272 g/mol. The van der Waals surface area contributed by atoms with Gasteiger partial charge in [0, 0.05) is 16.3 Å². The van der Waals surface area contributed by atoms with E-state index in [0.717, 1.165) is 33.3 Å². The van der Waals surface area contributed by atoms with Crippen molar-refractivity contribution in [1.29, 1.82) is 0 Å². The van der Waals surface area contributed by atoms with E-state index in [1.165, 1.54) is 0 Å². The third-order valence-corrected chi connectivity index (χ3v) is 3.54. The zero-order chi connectivity index (χ0) is 14.7. The molecule has 2 heteroatoms. The fraction of sp³-hybridized carbons (Fsp3) is 0.0526. The summed E-state index contributed by atoms with van der Waals surface area (Å²) in [5.74, 6) is 0. The second kappa shape index (κ2) is 5.71. The van der Waals surface area contributed by atoms with Crippen LogP contribution in [0.1, 0.15) is 12.6 Å². The van der Waals surface area contributed by atoms with E-state index in [4.69, 9.17) is 0 Å². The standard InChI is InChI=1S/C19H16N2/c1-3-14(4-2)18-16-12-8-9-13-17(16)19(21-20-18)15-10-6-5-7-11-15/h3-13H,1H2,2H3/b14-4+. The fourth-order valence-electron chi connectivity index (χ4n) is 2.48. The molecule has 21 heavy (non-hydrogen) atoms. The molecule has 1 heterocycles. The molecule has 0 aliphatic carbocycles. The van der Waals surface area contributed by atoms with Gasteiger partial charge >= 0.3 is 0 Å². The van der Waals surface area contributed by atoms with Crippen molar-refractivity contribution >= 4 is 16.3 Å². The van der Waals surface area contributed by atoms with E-state index in [0.29, 0.717) is 0 Å². The summed E-state index contributed by atoms with van der Waals surface area (Å²) in [6.07, 6.45) is 3.82. The Hall–Kier alpha value is -2.74. The third kappa shape index (κ3) is 2.36. The number of benzene rings is 2. The predicted octanol–water partition coefficient (Wildman–Crippen LogP) is 4.89. The van der Waals surface area contributed by atoms with Crippen LogP contribution in [0, 0.1) is 0 Å². The molecule has 0 aliphatic heterocycles. The summed E-state index contributed by atoms with van der Waals surface area (Å²) >= 11 is 0. The number of rotatable bonds is 3. The lowest BCUT2D eigenvalue weighted by Gasteiger charge is -2.09. The van der Waals surface area contributed by atoms with E-state index in [1.807, 2.05) is 49.4 Å². The molecule has 2 aromatic carbocycles. The van der Waals surface area contributed by atoms with Crippen LogP contribution in [0.25, 0.3) is 27.6 Å². The van der Waals surface area contributed by atoms with Crippen molar-refractivity contribution in [3.63, 3.8) is 0 Å². The van der Waals surface area contributed by atoms with Crippen LogP contribution in [0.3, 0.4) is 0 Å². The lowest BCUT2D eigenvalue weighted by atomic mass is 10.0. The molecule has 102 valence electrons. The quantitative estimate of drug-likeness (QED) is 0.635. The van der Waals surface area contributed by atoms with Crippen LogP contribution in [0.4, 0.5) is 0 Å². The van der Waals surface area contributed by atoms with Gasteiger partial charge in [0.05, 0.1) is 0 Å². The van der Waals surface area contributed by atoms with Gasteiger partial charge in [-0.2, -0.15) is 0 Å². The number of nitrogens with zero attached hydrogens (tertiary/aromatic N) is 2. The maximum atomic E-state index is 4.46. The van der Waals surface area contributed by atoms with E-state index < -0.39 is 0 Å². The smallest absolute Gasteiger partial charge is 0.101 e. The van der Waals surface area contributed by atoms with Crippen LogP contribution in [-0.2, 0) is 0 Å². The molecule has 0 radical (unpaired) electrons. The molecule has 0 saturated heterocycles. The molecular formula is C19H16N2. The second-order valence-electron chi connectivity index (χ2n) is 4.76. The summed E-state index contributed by atoms with van der Waals surface area (Å²) in [5, 5.41) is 11.1. The number of allylic oxidation sites excluding steroid dienone is 3. The van der Waals surface area contributed by atoms with Gasteiger partial charge in [0.25, 0.3) is 0 Å². The first-order valence-corrected chi connectivity index (χ1v) is 6.95. The molecule has 0 unspecified atom stereocenters. The van der Waals surface area contributed by atoms with E-state index in [1.54, 1.807) is 0 Å². The van der Waals surface area contributed by atoms with Gasteiger partial charge in [-0.1, -0.05) is 73.3 Å². The number of aromatic nitrogens is 2. The van der Waals surface area contributed by atoms with E-state index in [9.17, 15) is 0 Å². The zero-order valence-electron chi connectivity index (χ0n) is 12.0. The summed E-state index contributed by atoms with van der Waals surface area (Å²) in [6.45, 7) is 5.84. The Morgan fingerprint density at radius 2 is 1.57 bits per heavy atom. The van der Waals surface area contributed by atoms with Crippen molar-refractivity contribution < 1.29 is 0 Å². The lowest BCUT2D eigenvalue weighted by Crippen LogP contribution is -1.96. The molecule has 0 saturated carbocycles. The molecule has 2 nitrogen and oxygen atoms in total. The van der Waals surface area contributed by atoms with Crippen LogP contribution < -0.4 is 0 Å². The molecule has 0 fully saturated rings. The summed E-state index contributed by atoms with van der Waals surface area (Å²) in [4.78, 5) is 0. The first-order valence-electron chi connectivity index (χ1n) is 6.95. The minimum atomic E-state index is 0.878. The Morgan fingerprint density at radius 1 is 0.905 bits per heavy atom. The third-order valence-electron chi connectivity index (χ3n) is 3.54. The van der Waals surface area contributed by atoms with Crippen LogP contribution in [0.15, 0.2) is 73.3 Å². The molecule has 0 N–H and O–H groups in total. The van der Waals surface area contributed by atoms with Crippen LogP contribution in [0.2, 0.25) is 0 Å². The van der Waals surface area contributed by atoms with Crippen molar-refractivity contribution in [3.05, 3.63) is 79.0 Å². The van der Waals surface area contributed by atoms with Gasteiger partial charge in [-0.3, -0.25) is 0 Å². The fourth-order valence-corrected chi connectivity index (χ4v) is 2.48. The van der Waals surface area contributed by atoms with E-state index >= 15 is 0 Å². The second-order valence-corrected chi connectivity index (χ2v) is 4.76. The van der Waals surface area contributed by atoms with Crippen molar-refractivity contribution in [3.8, 4) is 11.3 Å². The van der Waals surface area contributed by atoms with Crippen LogP contribution in [0.5, 0.6) is 0 Å². The normalized spacial score (nSPS) is 11.6. The van der Waals surface area contributed by atoms with Gasteiger partial charge in [0.1, 0.15) is 11.4 Å². The molecule has 0 amide bonds. The Labute approximate surface area is 124 Å². The molecule has 1 aromatic heterocycles. The SMILES string of the molecule is C=C/C(=C\C)c1nnc(-c2ccccc2)c2ccccc12. The molecule has 3 rings (SSSR count). The highest BCUT2D eigenvalue weighted by Gasteiger charge is 2.11. The Kier molecular flexibility index (Phi) is 3.61. The topological polar surface area (TPSA) is 25.8 Å². The molecule has 0 spiro atoms. The largest absolute Gasteiger partial charge is 0.149 e. The van der Waals surface area contributed by atoms with Gasteiger partial charge in [0.15, 0.2) is 0 Å². The molecule has 3 aromatic rings. The van der Waals surface area contributed by atoms with Gasteiger partial charge in [-0.15, -0.1) is 10.2 Å². The minimum absolute atomic E-state index is 0.878. The number of fused-ring (bicyclic) bond motifs is 1. The van der Waals surface area contributed by atoms with Crippen molar-refractivity contribution in [1.82, 2.24) is 10.2 Å². The highest BCUT2D eigenvalue weighted by molar-refractivity contribution is 6.00.